The van der Waals surface area contributed by atoms with Gasteiger partial charge in [0.05, 0.1) is 0 Å². The Morgan fingerprint density at radius 1 is 0.906 bits per heavy atom. The average Bonchev–Trinajstić information content (AvgIpc) is 3.24. The van der Waals surface area contributed by atoms with Crippen molar-refractivity contribution in [2.45, 2.75) is 30.4 Å². The Kier molecular flexibility index (Phi) is 6.87. The first-order valence-corrected chi connectivity index (χ1v) is 11.9. The van der Waals surface area contributed by atoms with Gasteiger partial charge in [0, 0.05) is 11.4 Å². The molecule has 1 aromatic heterocycles. The van der Waals surface area contributed by atoms with Crippen molar-refractivity contribution in [3.8, 4) is 0 Å². The minimum atomic E-state index is -0.445. The molecule has 0 spiro atoms. The fourth-order valence-electron chi connectivity index (χ4n) is 3.16. The molecule has 0 aliphatic heterocycles. The van der Waals surface area contributed by atoms with Crippen LogP contribution in [0.5, 0.6) is 0 Å². The molecule has 0 aliphatic rings. The predicted octanol–water partition coefficient (Wildman–Crippen LogP) is 6.68. The molecular weight excluding hydrogens is 436 g/mol. The molecule has 162 valence electrons. The number of amides is 1. The monoisotopic (exact) mass is 460 g/mol. The van der Waals surface area contributed by atoms with E-state index in [0.717, 1.165) is 26.8 Å². The van der Waals surface area contributed by atoms with Gasteiger partial charge >= 0.3 is 0 Å². The van der Waals surface area contributed by atoms with Crippen LogP contribution in [-0.4, -0.2) is 16.1 Å². The highest BCUT2D eigenvalue weighted by atomic mass is 32.2. The van der Waals surface area contributed by atoms with E-state index in [-0.39, 0.29) is 5.91 Å². The van der Waals surface area contributed by atoms with Gasteiger partial charge in [-0.25, -0.2) is 0 Å². The molecule has 1 amide bonds. The summed E-state index contributed by atoms with van der Waals surface area (Å²) in [7, 11) is 0. The second kappa shape index (κ2) is 9.97. The van der Waals surface area contributed by atoms with Gasteiger partial charge in [0.25, 0.3) is 0 Å². The number of anilines is 3. The van der Waals surface area contributed by atoms with Gasteiger partial charge in [-0.1, -0.05) is 83.3 Å². The van der Waals surface area contributed by atoms with Crippen molar-refractivity contribution >= 4 is 45.5 Å². The molecule has 1 unspecified atom stereocenters. The van der Waals surface area contributed by atoms with E-state index >= 15 is 0 Å². The maximum absolute atomic E-state index is 13.2. The molecule has 0 bridgehead atoms. The maximum atomic E-state index is 13.2. The zero-order valence-corrected chi connectivity index (χ0v) is 19.8. The van der Waals surface area contributed by atoms with E-state index in [1.165, 1.54) is 34.2 Å². The first-order valence-electron chi connectivity index (χ1n) is 10.3. The lowest BCUT2D eigenvalue weighted by atomic mass is 10.1. The van der Waals surface area contributed by atoms with Crippen molar-refractivity contribution in [1.29, 1.82) is 0 Å². The summed E-state index contributed by atoms with van der Waals surface area (Å²) in [5, 5.41) is 15.2. The van der Waals surface area contributed by atoms with E-state index in [1.807, 2.05) is 73.7 Å². The number of carbonyl (C=O) groups is 1. The molecule has 1 heterocycles. The van der Waals surface area contributed by atoms with E-state index in [1.54, 1.807) is 0 Å². The Bertz CT molecular complexity index is 1210. The molecule has 32 heavy (non-hydrogen) atoms. The molecule has 2 N–H and O–H groups in total. The lowest BCUT2D eigenvalue weighted by Gasteiger charge is -2.15. The van der Waals surface area contributed by atoms with Gasteiger partial charge in [0.1, 0.15) is 5.25 Å². The van der Waals surface area contributed by atoms with Crippen molar-refractivity contribution in [3.63, 3.8) is 0 Å². The number of nitrogens with one attached hydrogen (secondary N) is 2. The third kappa shape index (κ3) is 5.36. The second-order valence-electron chi connectivity index (χ2n) is 7.51. The first kappa shape index (κ1) is 22.0. The van der Waals surface area contributed by atoms with Crippen LogP contribution in [0.25, 0.3) is 0 Å². The Balaban J connectivity index is 1.53. The van der Waals surface area contributed by atoms with Crippen molar-refractivity contribution in [2.24, 2.45) is 0 Å². The van der Waals surface area contributed by atoms with Gasteiger partial charge in [-0.15, -0.1) is 10.2 Å². The summed E-state index contributed by atoms with van der Waals surface area (Å²) >= 11 is 2.84. The SMILES string of the molecule is Cc1ccc(NC(=O)C(Sc2nnc(Nc3cccc(C)c3C)s2)c2ccccc2)cc1. The summed E-state index contributed by atoms with van der Waals surface area (Å²) in [5.74, 6) is -0.0932. The molecule has 3 aromatic carbocycles. The van der Waals surface area contributed by atoms with E-state index in [9.17, 15) is 4.79 Å². The molecule has 7 heteroatoms. The molecular formula is C25H24N4OS2. The molecule has 0 saturated heterocycles. The highest BCUT2D eigenvalue weighted by molar-refractivity contribution is 8.02. The van der Waals surface area contributed by atoms with Crippen LogP contribution in [-0.2, 0) is 4.79 Å². The molecule has 4 rings (SSSR count). The Hall–Kier alpha value is -3.16. The molecule has 0 saturated carbocycles. The van der Waals surface area contributed by atoms with Gasteiger partial charge in [-0.05, 0) is 55.7 Å². The molecule has 5 nitrogen and oxygen atoms in total. The number of aryl methyl sites for hydroxylation is 2. The third-order valence-corrected chi connectivity index (χ3v) is 7.31. The molecule has 0 fully saturated rings. The Labute approximate surface area is 196 Å². The number of nitrogens with zero attached hydrogens (tertiary/aromatic N) is 2. The number of carbonyl (C=O) groups excluding carboxylic acids is 1. The van der Waals surface area contributed by atoms with Crippen molar-refractivity contribution in [2.75, 3.05) is 10.6 Å². The molecule has 1 atom stereocenters. The Morgan fingerprint density at radius 3 is 2.41 bits per heavy atom. The fraction of sp³-hybridized carbons (Fsp3) is 0.160. The largest absolute Gasteiger partial charge is 0.330 e. The van der Waals surface area contributed by atoms with Gasteiger partial charge in [0.15, 0.2) is 4.34 Å². The van der Waals surface area contributed by atoms with E-state index in [4.69, 9.17) is 0 Å². The van der Waals surface area contributed by atoms with Gasteiger partial charge in [-0.2, -0.15) is 0 Å². The first-order chi connectivity index (χ1) is 15.5. The lowest BCUT2D eigenvalue weighted by molar-refractivity contribution is -0.115. The maximum Gasteiger partial charge on any atom is 0.242 e. The zero-order chi connectivity index (χ0) is 22.5. The molecule has 0 radical (unpaired) electrons. The summed E-state index contributed by atoms with van der Waals surface area (Å²) in [6, 6.07) is 23.7. The van der Waals surface area contributed by atoms with Gasteiger partial charge in [0.2, 0.25) is 11.0 Å². The Morgan fingerprint density at radius 2 is 1.66 bits per heavy atom. The molecule has 4 aromatic rings. The summed E-state index contributed by atoms with van der Waals surface area (Å²) in [4.78, 5) is 13.2. The number of benzene rings is 3. The number of thioether (sulfide) groups is 1. The van der Waals surface area contributed by atoms with Crippen LogP contribution in [0.15, 0.2) is 77.1 Å². The highest BCUT2D eigenvalue weighted by Crippen LogP contribution is 2.39. The minimum absolute atomic E-state index is 0.0932. The normalized spacial score (nSPS) is 11.7. The van der Waals surface area contributed by atoms with Crippen LogP contribution < -0.4 is 10.6 Å². The van der Waals surface area contributed by atoms with Gasteiger partial charge < -0.3 is 10.6 Å². The van der Waals surface area contributed by atoms with Gasteiger partial charge in [-0.3, -0.25) is 4.79 Å². The summed E-state index contributed by atoms with van der Waals surface area (Å²) in [6.45, 7) is 6.18. The number of aromatic nitrogens is 2. The van der Waals surface area contributed by atoms with Crippen molar-refractivity contribution in [3.05, 3.63) is 95.1 Å². The highest BCUT2D eigenvalue weighted by Gasteiger charge is 2.24. The van der Waals surface area contributed by atoms with Crippen molar-refractivity contribution in [1.82, 2.24) is 10.2 Å². The number of hydrogen-bond donors (Lipinski definition) is 2. The van der Waals surface area contributed by atoms with Crippen LogP contribution in [0.1, 0.15) is 27.5 Å². The summed E-state index contributed by atoms with van der Waals surface area (Å²) in [6.07, 6.45) is 0. The van der Waals surface area contributed by atoms with Crippen LogP contribution in [0.4, 0.5) is 16.5 Å². The number of rotatable bonds is 7. The standard InChI is InChI=1S/C25H24N4OS2/c1-16-12-14-20(15-13-16)26-23(30)22(19-9-5-4-6-10-19)31-25-29-28-24(32-25)27-21-11-7-8-17(2)18(21)3/h4-15,22H,1-3H3,(H,26,30)(H,27,28). The van der Waals surface area contributed by atoms with E-state index < -0.39 is 5.25 Å². The second-order valence-corrected chi connectivity index (χ2v) is 9.84. The van der Waals surface area contributed by atoms with Crippen LogP contribution in [0.2, 0.25) is 0 Å². The summed E-state index contributed by atoms with van der Waals surface area (Å²) in [5.41, 5.74) is 6.24. The van der Waals surface area contributed by atoms with E-state index in [0.29, 0.717) is 5.13 Å². The minimum Gasteiger partial charge on any atom is -0.330 e. The zero-order valence-electron chi connectivity index (χ0n) is 18.1. The quantitative estimate of drug-likeness (QED) is 0.301. The fourth-order valence-corrected chi connectivity index (χ4v) is 5.11. The third-order valence-electron chi connectivity index (χ3n) is 5.13. The predicted molar refractivity (Wildman–Crippen MR) is 134 cm³/mol. The topological polar surface area (TPSA) is 66.9 Å². The van der Waals surface area contributed by atoms with Crippen molar-refractivity contribution < 1.29 is 4.79 Å². The average molecular weight is 461 g/mol. The van der Waals surface area contributed by atoms with Crippen LogP contribution in [0.3, 0.4) is 0 Å². The lowest BCUT2D eigenvalue weighted by Crippen LogP contribution is -2.19. The summed E-state index contributed by atoms with van der Waals surface area (Å²) < 4.78 is 0.728. The van der Waals surface area contributed by atoms with Crippen LogP contribution >= 0.6 is 23.1 Å². The molecule has 0 aliphatic carbocycles. The number of hydrogen-bond acceptors (Lipinski definition) is 6. The van der Waals surface area contributed by atoms with E-state index in [2.05, 4.69) is 40.7 Å². The smallest absolute Gasteiger partial charge is 0.242 e. The van der Waals surface area contributed by atoms with Crippen LogP contribution in [0, 0.1) is 20.8 Å².